The molecule has 0 heterocycles. The summed E-state index contributed by atoms with van der Waals surface area (Å²) >= 11 is 2.31. The molecule has 0 atom stereocenters. The van der Waals surface area contributed by atoms with E-state index in [-0.39, 0.29) is 48.1 Å². The van der Waals surface area contributed by atoms with E-state index in [1.165, 1.54) is 34.3 Å². The van der Waals surface area contributed by atoms with Gasteiger partial charge in [-0.1, -0.05) is 0 Å². The molecule has 0 saturated carbocycles. The van der Waals surface area contributed by atoms with E-state index < -0.39 is 0 Å². The van der Waals surface area contributed by atoms with E-state index in [0.29, 0.717) is 0 Å². The van der Waals surface area contributed by atoms with E-state index in [9.17, 15) is 0 Å². The van der Waals surface area contributed by atoms with E-state index in [2.05, 4.69) is 115 Å². The van der Waals surface area contributed by atoms with Crippen LogP contribution in [0.1, 0.15) is 64.5 Å². The molecule has 0 radical (unpaired) electrons. The largest absolute Gasteiger partial charge is 1.00 e. The van der Waals surface area contributed by atoms with Gasteiger partial charge in [0, 0.05) is 0 Å². The summed E-state index contributed by atoms with van der Waals surface area (Å²) in [6.07, 6.45) is 7.20. The zero-order valence-corrected chi connectivity index (χ0v) is 22.1. The van der Waals surface area contributed by atoms with Gasteiger partial charge in [-0.15, -0.1) is 0 Å². The maximum atomic E-state index is 2.45. The Morgan fingerprint density at radius 2 is 1.27 bits per heavy atom. The van der Waals surface area contributed by atoms with Crippen molar-refractivity contribution in [3.8, 4) is 0 Å². The molecule has 0 aliphatic heterocycles. The van der Waals surface area contributed by atoms with E-state index in [0.717, 1.165) is 6.42 Å². The first-order valence-corrected chi connectivity index (χ1v) is 11.0. The molecule has 0 nitrogen and oxygen atoms in total. The molecule has 0 N–H and O–H groups in total. The zero-order valence-electron chi connectivity index (χ0n) is 18.3. The summed E-state index contributed by atoms with van der Waals surface area (Å²) in [6.45, 7) is 9.51. The Bertz CT molecular complexity index is 794. The summed E-state index contributed by atoms with van der Waals surface area (Å²) in [7, 11) is 0. The fraction of sp³-hybridized carbons (Fsp3) is 0.385. The molecule has 0 aromatic heterocycles. The number of allylic oxidation sites excluding steroid dienone is 4. The minimum Gasteiger partial charge on any atom is -1.00 e. The predicted molar refractivity (Wildman–Crippen MR) is 112 cm³/mol. The molecular formula is C26H31Cl3Ti. The third kappa shape index (κ3) is 5.46. The number of unbranched alkanes of at least 4 members (excludes halogenated alkanes) is 1. The van der Waals surface area contributed by atoms with Gasteiger partial charge in [-0.2, -0.15) is 0 Å². The number of benzene rings is 2. The second kappa shape index (κ2) is 12.5. The first kappa shape index (κ1) is 29.5. The van der Waals surface area contributed by atoms with Crippen LogP contribution < -0.4 is 37.2 Å². The molecule has 0 saturated heterocycles. The van der Waals surface area contributed by atoms with Crippen LogP contribution in [-0.2, 0) is 25.9 Å². The molecule has 0 unspecified atom stereocenters. The summed E-state index contributed by atoms with van der Waals surface area (Å²) in [4.78, 5) is 0. The molecule has 160 valence electrons. The second-order valence-corrected chi connectivity index (χ2v) is 9.46. The van der Waals surface area contributed by atoms with Crippen LogP contribution in [0.3, 0.4) is 0 Å². The molecule has 1 aliphatic rings. The third-order valence-electron chi connectivity index (χ3n) is 5.97. The van der Waals surface area contributed by atoms with Gasteiger partial charge in [-0.3, -0.25) is 0 Å². The van der Waals surface area contributed by atoms with Crippen molar-refractivity contribution in [1.82, 2.24) is 0 Å². The average Bonchev–Trinajstić information content (AvgIpc) is 3.02. The van der Waals surface area contributed by atoms with E-state index in [1.807, 2.05) is 0 Å². The molecule has 3 rings (SSSR count). The van der Waals surface area contributed by atoms with Gasteiger partial charge in [0.15, 0.2) is 0 Å². The maximum Gasteiger partial charge on any atom is -1.00 e. The molecular weight excluding hydrogens is 467 g/mol. The molecule has 1 aliphatic carbocycles. The van der Waals surface area contributed by atoms with Gasteiger partial charge in [0.2, 0.25) is 0 Å². The van der Waals surface area contributed by atoms with Crippen molar-refractivity contribution in [1.29, 1.82) is 0 Å². The van der Waals surface area contributed by atoms with Crippen LogP contribution in [0.2, 0.25) is 0 Å². The molecule has 2 aromatic carbocycles. The number of hydrogen-bond acceptors (Lipinski definition) is 0. The van der Waals surface area contributed by atoms with Crippen LogP contribution in [0, 0.1) is 5.41 Å². The predicted octanol–water partition coefficient (Wildman–Crippen LogP) is -1.65. The number of halogens is 3. The smallest absolute Gasteiger partial charge is 1.00 e. The third-order valence-corrected chi connectivity index (χ3v) is 6.76. The number of rotatable bonds is 6. The summed E-state index contributed by atoms with van der Waals surface area (Å²) in [5.41, 5.74) is 5.97. The van der Waals surface area contributed by atoms with Crippen molar-refractivity contribution >= 4 is 0 Å². The Kier molecular flexibility index (Phi) is 12.3. The van der Waals surface area contributed by atoms with Crippen LogP contribution in [0.25, 0.3) is 0 Å². The SMILES string of the molecule is CCCCC1=C(C(c2ccccc2)(c2ccccc2)C(C)(C)C)CC=[C]1[Ti+3].[Cl-].[Cl-].[Cl-]. The van der Waals surface area contributed by atoms with Crippen LogP contribution in [0.15, 0.2) is 81.8 Å². The maximum absolute atomic E-state index is 2.45. The van der Waals surface area contributed by atoms with Gasteiger partial charge in [0.1, 0.15) is 0 Å². The zero-order chi connectivity index (χ0) is 19.5. The van der Waals surface area contributed by atoms with Gasteiger partial charge >= 0.3 is 178 Å². The van der Waals surface area contributed by atoms with Gasteiger partial charge < -0.3 is 37.2 Å². The van der Waals surface area contributed by atoms with Gasteiger partial charge in [-0.05, 0) is 0 Å². The fourth-order valence-electron chi connectivity index (χ4n) is 4.84. The minimum absolute atomic E-state index is 0. The first-order valence-electron chi connectivity index (χ1n) is 10.2. The molecule has 2 aromatic rings. The average molecular weight is 498 g/mol. The van der Waals surface area contributed by atoms with Crippen molar-refractivity contribution < 1.29 is 57.7 Å². The monoisotopic (exact) mass is 496 g/mol. The quantitative estimate of drug-likeness (QED) is 0.420. The fourth-order valence-corrected chi connectivity index (χ4v) is 5.43. The van der Waals surface area contributed by atoms with Crippen molar-refractivity contribution in [2.24, 2.45) is 5.41 Å². The second-order valence-electron chi connectivity index (χ2n) is 8.61. The Morgan fingerprint density at radius 3 is 1.67 bits per heavy atom. The summed E-state index contributed by atoms with van der Waals surface area (Å²) in [5, 5.41) is 0. The Hall–Kier alpha value is -0.496. The molecule has 4 heteroatoms. The van der Waals surface area contributed by atoms with Crippen LogP contribution in [-0.4, -0.2) is 0 Å². The standard InChI is InChI=1S/C26H31.3ClH.Ti/c1-5-6-14-21-15-13-20-24(21)26(25(2,3)4,22-16-9-7-10-17-22)23-18-11-8-12-19-23;;;;/h7-13,16-19H,5-6,14,20H2,1-4H3;3*1H;/q;;;;+3/p-3. The van der Waals surface area contributed by atoms with E-state index >= 15 is 0 Å². The Balaban J connectivity index is 0.00000280. The van der Waals surface area contributed by atoms with Gasteiger partial charge in [-0.25, -0.2) is 0 Å². The number of hydrogen-bond donors (Lipinski definition) is 0. The summed E-state index contributed by atoms with van der Waals surface area (Å²) in [6, 6.07) is 22.4. The Morgan fingerprint density at radius 1 is 0.800 bits per heavy atom. The van der Waals surface area contributed by atoms with Crippen molar-refractivity contribution in [3.05, 3.63) is 92.9 Å². The van der Waals surface area contributed by atoms with Gasteiger partial charge in [0.05, 0.1) is 0 Å². The van der Waals surface area contributed by atoms with Crippen molar-refractivity contribution in [3.63, 3.8) is 0 Å². The van der Waals surface area contributed by atoms with Crippen LogP contribution in [0.4, 0.5) is 0 Å². The summed E-state index contributed by atoms with van der Waals surface area (Å²) < 4.78 is 1.49. The summed E-state index contributed by atoms with van der Waals surface area (Å²) in [5.74, 6) is 0. The van der Waals surface area contributed by atoms with Crippen LogP contribution >= 0.6 is 0 Å². The molecule has 0 spiro atoms. The molecule has 0 fully saturated rings. The van der Waals surface area contributed by atoms with Crippen molar-refractivity contribution in [2.45, 2.75) is 58.8 Å². The Labute approximate surface area is 213 Å². The van der Waals surface area contributed by atoms with Crippen molar-refractivity contribution in [2.75, 3.05) is 0 Å². The van der Waals surface area contributed by atoms with E-state index in [1.54, 1.807) is 11.1 Å². The minimum atomic E-state index is -0.118. The normalized spacial score (nSPS) is 13.7. The van der Waals surface area contributed by atoms with Gasteiger partial charge in [0.25, 0.3) is 0 Å². The first-order chi connectivity index (χ1) is 12.9. The van der Waals surface area contributed by atoms with Crippen LogP contribution in [0.5, 0.6) is 0 Å². The molecule has 0 bridgehead atoms. The van der Waals surface area contributed by atoms with E-state index in [4.69, 9.17) is 0 Å². The molecule has 30 heavy (non-hydrogen) atoms. The topological polar surface area (TPSA) is 0 Å². The molecule has 0 amide bonds.